The molecule has 23 heavy (non-hydrogen) atoms. The fraction of sp³-hybridized carbons (Fsp3) is 0.400. The number of hydrogen-bond donors (Lipinski definition) is 1. The van der Waals surface area contributed by atoms with Crippen LogP contribution in [0.5, 0.6) is 0 Å². The zero-order valence-corrected chi connectivity index (χ0v) is 13.8. The maximum atomic E-state index is 12.1. The average Bonchev–Trinajstić information content (AvgIpc) is 2.52. The Balaban J connectivity index is 1.91. The van der Waals surface area contributed by atoms with Crippen LogP contribution in [-0.2, 0) is 14.3 Å². The van der Waals surface area contributed by atoms with E-state index in [4.69, 9.17) is 33.7 Å². The number of benzene rings is 1. The Morgan fingerprint density at radius 2 is 2.04 bits per heavy atom. The lowest BCUT2D eigenvalue weighted by atomic mass is 9.97. The Morgan fingerprint density at radius 3 is 2.70 bits per heavy atom. The molecule has 1 atom stereocenters. The summed E-state index contributed by atoms with van der Waals surface area (Å²) < 4.78 is 4.99. The number of piperidine rings is 1. The predicted molar refractivity (Wildman–Crippen MR) is 85.2 cm³/mol. The Morgan fingerprint density at radius 1 is 1.30 bits per heavy atom. The number of primary amides is 1. The SMILES string of the molecule is NC(=O)[C@@H]1CCCN(C(=O)COC(=O)c2ccc(Cl)cc2Cl)C1. The van der Waals surface area contributed by atoms with Crippen molar-refractivity contribution in [3.8, 4) is 0 Å². The van der Waals surface area contributed by atoms with Crippen LogP contribution in [0.4, 0.5) is 0 Å². The average molecular weight is 359 g/mol. The Hall–Kier alpha value is -1.79. The molecule has 1 saturated heterocycles. The van der Waals surface area contributed by atoms with Crippen molar-refractivity contribution in [2.45, 2.75) is 12.8 Å². The van der Waals surface area contributed by atoms with Gasteiger partial charge in [-0.05, 0) is 31.0 Å². The Bertz CT molecular complexity index is 636. The number of amides is 2. The molecule has 1 aliphatic rings. The second-order valence-electron chi connectivity index (χ2n) is 5.28. The highest BCUT2D eigenvalue weighted by atomic mass is 35.5. The minimum atomic E-state index is -0.705. The number of likely N-dealkylation sites (tertiary alicyclic amines) is 1. The molecule has 1 fully saturated rings. The van der Waals surface area contributed by atoms with Crippen LogP contribution in [0.15, 0.2) is 18.2 Å². The molecular weight excluding hydrogens is 343 g/mol. The van der Waals surface area contributed by atoms with E-state index in [0.29, 0.717) is 24.4 Å². The van der Waals surface area contributed by atoms with Gasteiger partial charge in [-0.25, -0.2) is 4.79 Å². The first-order valence-corrected chi connectivity index (χ1v) is 7.83. The summed E-state index contributed by atoms with van der Waals surface area (Å²) in [6, 6.07) is 4.36. The number of nitrogens with two attached hydrogens (primary N) is 1. The smallest absolute Gasteiger partial charge is 0.340 e. The molecule has 0 saturated carbocycles. The second kappa shape index (κ2) is 7.66. The van der Waals surface area contributed by atoms with Gasteiger partial charge in [-0.1, -0.05) is 23.2 Å². The van der Waals surface area contributed by atoms with E-state index in [1.165, 1.54) is 23.1 Å². The molecule has 1 aromatic rings. The van der Waals surface area contributed by atoms with Gasteiger partial charge in [-0.2, -0.15) is 0 Å². The lowest BCUT2D eigenvalue weighted by Gasteiger charge is -2.31. The van der Waals surface area contributed by atoms with Gasteiger partial charge in [0.25, 0.3) is 5.91 Å². The quantitative estimate of drug-likeness (QED) is 0.832. The van der Waals surface area contributed by atoms with Gasteiger partial charge >= 0.3 is 5.97 Å². The van der Waals surface area contributed by atoms with Crippen LogP contribution < -0.4 is 5.73 Å². The monoisotopic (exact) mass is 358 g/mol. The van der Waals surface area contributed by atoms with E-state index in [1.54, 1.807) is 0 Å². The van der Waals surface area contributed by atoms with Crippen molar-refractivity contribution in [3.63, 3.8) is 0 Å². The number of nitrogens with zero attached hydrogens (tertiary/aromatic N) is 1. The third-order valence-electron chi connectivity index (χ3n) is 3.65. The molecule has 124 valence electrons. The molecule has 6 nitrogen and oxygen atoms in total. The fourth-order valence-electron chi connectivity index (χ4n) is 2.39. The summed E-state index contributed by atoms with van der Waals surface area (Å²) >= 11 is 11.7. The second-order valence-corrected chi connectivity index (χ2v) is 6.13. The minimum Gasteiger partial charge on any atom is -0.452 e. The number of halogens is 2. The number of rotatable bonds is 4. The van der Waals surface area contributed by atoms with Crippen molar-refractivity contribution in [2.75, 3.05) is 19.7 Å². The maximum absolute atomic E-state index is 12.1. The van der Waals surface area contributed by atoms with E-state index >= 15 is 0 Å². The first kappa shape index (κ1) is 17.6. The number of esters is 1. The zero-order valence-electron chi connectivity index (χ0n) is 12.3. The number of carbonyl (C=O) groups excluding carboxylic acids is 3. The molecule has 0 radical (unpaired) electrons. The van der Waals surface area contributed by atoms with E-state index in [1.807, 2.05) is 0 Å². The molecule has 1 aliphatic heterocycles. The molecule has 0 unspecified atom stereocenters. The molecule has 2 amide bonds. The maximum Gasteiger partial charge on any atom is 0.340 e. The minimum absolute atomic E-state index is 0.137. The summed E-state index contributed by atoms with van der Waals surface area (Å²) in [5, 5.41) is 0.551. The summed E-state index contributed by atoms with van der Waals surface area (Å²) in [4.78, 5) is 36.7. The van der Waals surface area contributed by atoms with Crippen LogP contribution in [0.2, 0.25) is 10.0 Å². The van der Waals surface area contributed by atoms with Crippen molar-refractivity contribution in [1.82, 2.24) is 4.90 Å². The van der Waals surface area contributed by atoms with Gasteiger partial charge in [-0.15, -0.1) is 0 Å². The normalized spacial score (nSPS) is 17.7. The van der Waals surface area contributed by atoms with Crippen molar-refractivity contribution < 1.29 is 19.1 Å². The highest BCUT2D eigenvalue weighted by Gasteiger charge is 2.27. The van der Waals surface area contributed by atoms with Gasteiger partial charge in [0.2, 0.25) is 5.91 Å². The van der Waals surface area contributed by atoms with E-state index in [9.17, 15) is 14.4 Å². The molecule has 0 bridgehead atoms. The fourth-order valence-corrected chi connectivity index (χ4v) is 2.87. The van der Waals surface area contributed by atoms with Gasteiger partial charge in [-0.3, -0.25) is 9.59 Å². The molecule has 8 heteroatoms. The Labute approximate surface area is 143 Å². The lowest BCUT2D eigenvalue weighted by molar-refractivity contribution is -0.137. The topological polar surface area (TPSA) is 89.7 Å². The van der Waals surface area contributed by atoms with Gasteiger partial charge in [0.05, 0.1) is 16.5 Å². The first-order valence-electron chi connectivity index (χ1n) is 7.07. The largest absolute Gasteiger partial charge is 0.452 e. The predicted octanol–water partition coefficient (Wildman–Crippen LogP) is 1.87. The van der Waals surface area contributed by atoms with Crippen molar-refractivity contribution >= 4 is 41.0 Å². The highest BCUT2D eigenvalue weighted by molar-refractivity contribution is 6.36. The van der Waals surface area contributed by atoms with E-state index < -0.39 is 18.5 Å². The van der Waals surface area contributed by atoms with Crippen molar-refractivity contribution in [1.29, 1.82) is 0 Å². The number of ether oxygens (including phenoxy) is 1. The van der Waals surface area contributed by atoms with Crippen molar-refractivity contribution in [2.24, 2.45) is 11.7 Å². The molecular formula is C15H16Cl2N2O4. The van der Waals surface area contributed by atoms with Crippen LogP contribution in [0.3, 0.4) is 0 Å². The number of carbonyl (C=O) groups is 3. The summed E-state index contributed by atoms with van der Waals surface area (Å²) in [7, 11) is 0. The molecule has 1 aromatic carbocycles. The van der Waals surface area contributed by atoms with Crippen molar-refractivity contribution in [3.05, 3.63) is 33.8 Å². The lowest BCUT2D eigenvalue weighted by Crippen LogP contribution is -2.45. The van der Waals surface area contributed by atoms with Gasteiger partial charge in [0.1, 0.15) is 0 Å². The molecule has 0 spiro atoms. The summed E-state index contributed by atoms with van der Waals surface area (Å²) in [6.07, 6.45) is 1.36. The van der Waals surface area contributed by atoms with Crippen LogP contribution in [0.25, 0.3) is 0 Å². The van der Waals surface area contributed by atoms with Crippen LogP contribution >= 0.6 is 23.2 Å². The summed E-state index contributed by atoms with van der Waals surface area (Å²) in [5.41, 5.74) is 5.41. The van der Waals surface area contributed by atoms with Gasteiger partial charge in [0, 0.05) is 18.1 Å². The number of hydrogen-bond acceptors (Lipinski definition) is 4. The van der Waals surface area contributed by atoms with Crippen LogP contribution in [-0.4, -0.2) is 42.4 Å². The third-order valence-corrected chi connectivity index (χ3v) is 4.20. The zero-order chi connectivity index (χ0) is 17.0. The van der Waals surface area contributed by atoms with Gasteiger partial charge in [0.15, 0.2) is 6.61 Å². The van der Waals surface area contributed by atoms with E-state index in [-0.39, 0.29) is 29.0 Å². The summed E-state index contributed by atoms with van der Waals surface area (Å²) in [6.45, 7) is 0.360. The molecule has 2 rings (SSSR count). The van der Waals surface area contributed by atoms with Crippen LogP contribution in [0, 0.1) is 5.92 Å². The van der Waals surface area contributed by atoms with Crippen LogP contribution in [0.1, 0.15) is 23.2 Å². The van der Waals surface area contributed by atoms with Gasteiger partial charge < -0.3 is 15.4 Å². The molecule has 0 aromatic heterocycles. The molecule has 2 N–H and O–H groups in total. The first-order chi connectivity index (χ1) is 10.9. The standard InChI is InChI=1S/C15H16Cl2N2O4/c16-10-3-4-11(12(17)6-10)15(22)23-8-13(20)19-5-1-2-9(7-19)14(18)21/h3-4,6,9H,1-2,5,7-8H2,(H2,18,21)/t9-/m1/s1. The molecule has 0 aliphatic carbocycles. The van der Waals surface area contributed by atoms with E-state index in [2.05, 4.69) is 0 Å². The molecule has 1 heterocycles. The third kappa shape index (κ3) is 4.59. The summed E-state index contributed by atoms with van der Waals surface area (Å²) in [5.74, 6) is -1.85. The Kier molecular flexibility index (Phi) is 5.85. The highest BCUT2D eigenvalue weighted by Crippen LogP contribution is 2.22. The van der Waals surface area contributed by atoms with E-state index in [0.717, 1.165) is 0 Å².